The van der Waals surface area contributed by atoms with E-state index in [1.54, 1.807) is 30.3 Å². The molecule has 32 heavy (non-hydrogen) atoms. The summed E-state index contributed by atoms with van der Waals surface area (Å²) in [6, 6.07) is 10.8. The van der Waals surface area contributed by atoms with E-state index in [9.17, 15) is 22.8 Å². The van der Waals surface area contributed by atoms with Gasteiger partial charge in [0.15, 0.2) is 14.6 Å². The van der Waals surface area contributed by atoms with Gasteiger partial charge < -0.3 is 14.0 Å². The summed E-state index contributed by atoms with van der Waals surface area (Å²) in [6.45, 7) is -0.163. The zero-order valence-electron chi connectivity index (χ0n) is 17.5. The SMILES string of the molecule is COC(=O)Cn1c(=NC(=O)Cc2ccc(S(C)(=O)=O)cc2)sc2cc(C(=O)OC)ccc21. The molecule has 0 fully saturated rings. The van der Waals surface area contributed by atoms with E-state index in [1.807, 2.05) is 0 Å². The molecule has 0 spiro atoms. The molecule has 168 valence electrons. The highest BCUT2D eigenvalue weighted by atomic mass is 32.2. The average Bonchev–Trinajstić information content (AvgIpc) is 3.08. The van der Waals surface area contributed by atoms with Gasteiger partial charge >= 0.3 is 11.9 Å². The lowest BCUT2D eigenvalue weighted by Gasteiger charge is -2.04. The van der Waals surface area contributed by atoms with Crippen LogP contribution in [0.25, 0.3) is 10.2 Å². The molecule has 2 aromatic carbocycles. The fraction of sp³-hybridized carbons (Fsp3) is 0.238. The molecule has 0 saturated carbocycles. The summed E-state index contributed by atoms with van der Waals surface area (Å²) >= 11 is 1.14. The van der Waals surface area contributed by atoms with E-state index in [1.165, 1.54) is 30.9 Å². The number of nitrogens with zero attached hydrogens (tertiary/aromatic N) is 2. The van der Waals surface area contributed by atoms with Crippen molar-refractivity contribution >= 4 is 49.2 Å². The van der Waals surface area contributed by atoms with Crippen LogP contribution in [0.2, 0.25) is 0 Å². The van der Waals surface area contributed by atoms with Gasteiger partial charge in [-0.3, -0.25) is 9.59 Å². The highest BCUT2D eigenvalue weighted by Crippen LogP contribution is 2.20. The zero-order chi connectivity index (χ0) is 23.5. The predicted octanol–water partition coefficient (Wildman–Crippen LogP) is 1.74. The van der Waals surface area contributed by atoms with Gasteiger partial charge in [0.1, 0.15) is 6.54 Å². The average molecular weight is 477 g/mol. The smallest absolute Gasteiger partial charge is 0.337 e. The van der Waals surface area contributed by atoms with Crippen molar-refractivity contribution in [2.24, 2.45) is 4.99 Å². The van der Waals surface area contributed by atoms with Gasteiger partial charge in [-0.05, 0) is 35.9 Å². The number of carbonyl (C=O) groups is 3. The number of hydrogen-bond acceptors (Lipinski definition) is 8. The van der Waals surface area contributed by atoms with E-state index in [0.29, 0.717) is 21.3 Å². The summed E-state index contributed by atoms with van der Waals surface area (Å²) in [6.07, 6.45) is 1.06. The lowest BCUT2D eigenvalue weighted by Crippen LogP contribution is -2.22. The van der Waals surface area contributed by atoms with E-state index in [0.717, 1.165) is 17.6 Å². The van der Waals surface area contributed by atoms with Crippen molar-refractivity contribution in [3.8, 4) is 0 Å². The van der Waals surface area contributed by atoms with Gasteiger partial charge in [0.25, 0.3) is 5.91 Å². The third-order valence-corrected chi connectivity index (χ3v) is 6.72. The molecule has 0 aliphatic carbocycles. The zero-order valence-corrected chi connectivity index (χ0v) is 19.2. The molecule has 0 bridgehead atoms. The Kier molecular flexibility index (Phi) is 6.90. The number of benzene rings is 2. The first-order valence-electron chi connectivity index (χ1n) is 9.27. The maximum absolute atomic E-state index is 12.6. The standard InChI is InChI=1S/C21H20N2O7S2/c1-29-19(25)12-23-16-9-6-14(20(26)30-2)11-17(16)31-21(23)22-18(24)10-13-4-7-15(8-5-13)32(3,27)28/h4-9,11H,10,12H2,1-3H3. The number of thiazole rings is 1. The third-order valence-electron chi connectivity index (χ3n) is 4.55. The molecule has 0 atom stereocenters. The first kappa shape index (κ1) is 23.4. The van der Waals surface area contributed by atoms with Crippen molar-refractivity contribution in [3.05, 3.63) is 58.4 Å². The molecule has 1 heterocycles. The monoisotopic (exact) mass is 476 g/mol. The van der Waals surface area contributed by atoms with Crippen LogP contribution in [0.1, 0.15) is 15.9 Å². The number of carbonyl (C=O) groups excluding carboxylic acids is 3. The van der Waals surface area contributed by atoms with Crippen LogP contribution in [0.4, 0.5) is 0 Å². The molecule has 0 saturated heterocycles. The largest absolute Gasteiger partial charge is 0.468 e. The minimum atomic E-state index is -3.33. The molecule has 0 radical (unpaired) electrons. The van der Waals surface area contributed by atoms with E-state index in [-0.39, 0.29) is 22.7 Å². The van der Waals surface area contributed by atoms with Gasteiger partial charge in [-0.25, -0.2) is 13.2 Å². The minimum Gasteiger partial charge on any atom is -0.468 e. The van der Waals surface area contributed by atoms with Gasteiger partial charge in [0, 0.05) is 6.26 Å². The summed E-state index contributed by atoms with van der Waals surface area (Å²) < 4.78 is 34.8. The molecule has 1 aromatic heterocycles. The van der Waals surface area contributed by atoms with Crippen LogP contribution in [0.15, 0.2) is 52.4 Å². The molecule has 0 unspecified atom stereocenters. The first-order valence-corrected chi connectivity index (χ1v) is 12.0. The molecule has 11 heteroatoms. The normalized spacial score (nSPS) is 12.0. The molecule has 9 nitrogen and oxygen atoms in total. The summed E-state index contributed by atoms with van der Waals surface area (Å²) in [5.41, 5.74) is 1.53. The lowest BCUT2D eigenvalue weighted by molar-refractivity contribution is -0.141. The topological polar surface area (TPSA) is 121 Å². The van der Waals surface area contributed by atoms with E-state index < -0.39 is 27.7 Å². The Morgan fingerprint density at radius 2 is 1.72 bits per heavy atom. The number of hydrogen-bond donors (Lipinski definition) is 0. The summed E-state index contributed by atoms with van der Waals surface area (Å²) in [5, 5.41) is 0. The highest BCUT2D eigenvalue weighted by molar-refractivity contribution is 7.90. The molecular formula is C21H20N2O7S2. The highest BCUT2D eigenvalue weighted by Gasteiger charge is 2.15. The molecule has 3 aromatic rings. The Bertz CT molecular complexity index is 1370. The lowest BCUT2D eigenvalue weighted by atomic mass is 10.1. The van der Waals surface area contributed by atoms with Gasteiger partial charge in [0.2, 0.25) is 0 Å². The molecule has 0 aliphatic heterocycles. The summed E-state index contributed by atoms with van der Waals surface area (Å²) in [5.74, 6) is -1.51. The third kappa shape index (κ3) is 5.29. The van der Waals surface area contributed by atoms with Crippen molar-refractivity contribution in [2.45, 2.75) is 17.9 Å². The molecule has 1 amide bonds. The number of esters is 2. The number of aromatic nitrogens is 1. The van der Waals surface area contributed by atoms with Crippen LogP contribution in [-0.4, -0.2) is 51.3 Å². The second-order valence-electron chi connectivity index (χ2n) is 6.82. The number of rotatable bonds is 6. The molecule has 3 rings (SSSR count). The first-order chi connectivity index (χ1) is 15.1. The Hall–Kier alpha value is -3.31. The number of fused-ring (bicyclic) bond motifs is 1. The van der Waals surface area contributed by atoms with Crippen molar-refractivity contribution in [2.75, 3.05) is 20.5 Å². The fourth-order valence-corrected chi connectivity index (χ4v) is 4.64. The van der Waals surface area contributed by atoms with Gasteiger partial charge in [0.05, 0.1) is 41.3 Å². The molecule has 0 N–H and O–H groups in total. The van der Waals surface area contributed by atoms with Crippen molar-refractivity contribution in [1.82, 2.24) is 4.57 Å². The Morgan fingerprint density at radius 1 is 1.03 bits per heavy atom. The second-order valence-corrected chi connectivity index (χ2v) is 9.84. The van der Waals surface area contributed by atoms with Crippen LogP contribution < -0.4 is 4.80 Å². The fourth-order valence-electron chi connectivity index (χ4n) is 2.93. The second kappa shape index (κ2) is 9.45. The van der Waals surface area contributed by atoms with Crippen molar-refractivity contribution < 1.29 is 32.3 Å². The van der Waals surface area contributed by atoms with Gasteiger partial charge in [-0.2, -0.15) is 4.99 Å². The summed E-state index contributed by atoms with van der Waals surface area (Å²) in [7, 11) is -0.793. The van der Waals surface area contributed by atoms with E-state index in [4.69, 9.17) is 9.47 Å². The van der Waals surface area contributed by atoms with Crippen LogP contribution in [-0.2, 0) is 41.9 Å². The maximum Gasteiger partial charge on any atom is 0.337 e. The van der Waals surface area contributed by atoms with Crippen molar-refractivity contribution in [1.29, 1.82) is 0 Å². The Balaban J connectivity index is 1.99. The Labute approximate surface area is 187 Å². The summed E-state index contributed by atoms with van der Waals surface area (Å²) in [4.78, 5) is 40.9. The van der Waals surface area contributed by atoms with Gasteiger partial charge in [-0.1, -0.05) is 23.5 Å². The van der Waals surface area contributed by atoms with E-state index >= 15 is 0 Å². The van der Waals surface area contributed by atoms with Crippen LogP contribution in [0, 0.1) is 0 Å². The maximum atomic E-state index is 12.6. The van der Waals surface area contributed by atoms with Gasteiger partial charge in [-0.15, -0.1) is 0 Å². The van der Waals surface area contributed by atoms with E-state index in [2.05, 4.69) is 4.99 Å². The van der Waals surface area contributed by atoms with Crippen LogP contribution in [0.5, 0.6) is 0 Å². The number of sulfone groups is 1. The number of methoxy groups -OCH3 is 2. The predicted molar refractivity (Wildman–Crippen MR) is 117 cm³/mol. The van der Waals surface area contributed by atoms with Crippen LogP contribution >= 0.6 is 11.3 Å². The van der Waals surface area contributed by atoms with Crippen molar-refractivity contribution in [3.63, 3.8) is 0 Å². The molecule has 0 aliphatic rings. The quantitative estimate of drug-likeness (QED) is 0.497. The Morgan fingerprint density at radius 3 is 2.31 bits per heavy atom. The molecular weight excluding hydrogens is 456 g/mol. The number of amides is 1. The van der Waals surface area contributed by atoms with Crippen LogP contribution in [0.3, 0.4) is 0 Å². The number of ether oxygens (including phenoxy) is 2. The minimum absolute atomic E-state index is 0.0517.